The second-order valence-electron chi connectivity index (χ2n) is 11.2. The number of ether oxygens (including phenoxy) is 2. The third-order valence-electron chi connectivity index (χ3n) is 7.37. The van der Waals surface area contributed by atoms with Crippen LogP contribution in [0.4, 0.5) is 28.9 Å². The minimum absolute atomic E-state index is 0.0935. The summed E-state index contributed by atoms with van der Waals surface area (Å²) in [7, 11) is 0.508. The quantitative estimate of drug-likeness (QED) is 0.142. The maximum absolute atomic E-state index is 15.2. The van der Waals surface area contributed by atoms with Crippen LogP contribution in [-0.2, 0) is 15.7 Å². The number of rotatable bonds is 11. The van der Waals surface area contributed by atoms with E-state index in [4.69, 9.17) is 9.47 Å². The lowest BCUT2D eigenvalue weighted by Gasteiger charge is -2.36. The summed E-state index contributed by atoms with van der Waals surface area (Å²) in [5, 5.41) is 17.5. The average molecular weight is 656 g/mol. The van der Waals surface area contributed by atoms with Gasteiger partial charge in [0.1, 0.15) is 19.1 Å². The number of fused-ring (bicyclic) bond motifs is 1. The average Bonchev–Trinajstić information content (AvgIpc) is 3.28. The number of likely N-dealkylation sites (tertiary alicyclic amines) is 1. The van der Waals surface area contributed by atoms with E-state index < -0.39 is 38.1 Å². The van der Waals surface area contributed by atoms with Gasteiger partial charge in [0.15, 0.2) is 0 Å². The van der Waals surface area contributed by atoms with Gasteiger partial charge in [-0.3, -0.25) is 4.90 Å². The molecule has 240 valence electrons. The highest BCUT2D eigenvalue weighted by Crippen LogP contribution is 2.40. The molecule has 1 aliphatic heterocycles. The van der Waals surface area contributed by atoms with E-state index in [9.17, 15) is 22.8 Å². The molecular weight excluding hydrogens is 617 g/mol. The van der Waals surface area contributed by atoms with Gasteiger partial charge in [-0.25, -0.2) is 4.39 Å². The van der Waals surface area contributed by atoms with Crippen LogP contribution in [-0.4, -0.2) is 94.8 Å². The number of aliphatic hydroxyl groups is 1. The van der Waals surface area contributed by atoms with Crippen molar-refractivity contribution >= 4 is 45.2 Å². The Morgan fingerprint density at radius 1 is 1.20 bits per heavy atom. The van der Waals surface area contributed by atoms with Crippen molar-refractivity contribution in [3.63, 3.8) is 0 Å². The van der Waals surface area contributed by atoms with E-state index in [-0.39, 0.29) is 25.3 Å². The molecule has 1 aromatic heterocycles. The van der Waals surface area contributed by atoms with Gasteiger partial charge in [-0.2, -0.15) is 13.2 Å². The normalized spacial score (nSPS) is 18.5. The van der Waals surface area contributed by atoms with Crippen molar-refractivity contribution in [2.75, 3.05) is 71.0 Å². The van der Waals surface area contributed by atoms with Gasteiger partial charge in [0.05, 0.1) is 59.8 Å². The van der Waals surface area contributed by atoms with Crippen LogP contribution in [0.25, 0.3) is 10.1 Å². The van der Waals surface area contributed by atoms with Crippen LogP contribution in [0, 0.1) is 11.8 Å². The topological polar surface area (TPSA) is 83.1 Å². The predicted molar refractivity (Wildman–Crippen MR) is 170 cm³/mol. The number of aliphatic hydroxyl groups excluding tert-OH is 1. The fourth-order valence-corrected chi connectivity index (χ4v) is 7.26. The number of hydrogen-bond donors (Lipinski definition) is 3. The molecule has 3 N–H and O–H groups in total. The number of nitrogens with one attached hydrogen (secondary N) is 2. The Kier molecular flexibility index (Phi) is 11.2. The molecule has 13 heteroatoms. The van der Waals surface area contributed by atoms with Crippen molar-refractivity contribution in [3.8, 4) is 17.6 Å². The fraction of sp³-hybridized carbons (Fsp3) is 0.484. The summed E-state index contributed by atoms with van der Waals surface area (Å²) in [5.74, 6) is 6.34. The van der Waals surface area contributed by atoms with Crippen molar-refractivity contribution in [1.29, 1.82) is 0 Å². The molecule has 2 aromatic carbocycles. The zero-order valence-corrected chi connectivity index (χ0v) is 26.8. The molecule has 0 aliphatic carbocycles. The molecule has 44 heavy (non-hydrogen) atoms. The van der Waals surface area contributed by atoms with Crippen LogP contribution in [0.5, 0.6) is 5.75 Å². The lowest BCUT2D eigenvalue weighted by molar-refractivity contribution is -0.126. The van der Waals surface area contributed by atoms with E-state index in [1.165, 1.54) is 14.2 Å². The molecular formula is C31H38F4N3O4PS. The summed E-state index contributed by atoms with van der Waals surface area (Å²) in [6.07, 6.45) is -7.05. The van der Waals surface area contributed by atoms with Crippen LogP contribution in [0.15, 0.2) is 36.4 Å². The first-order chi connectivity index (χ1) is 20.8. The van der Waals surface area contributed by atoms with Gasteiger partial charge in [-0.15, -0.1) is 11.3 Å². The first kappa shape index (κ1) is 34.1. The molecule has 1 unspecified atom stereocenters. The highest BCUT2D eigenvalue weighted by Gasteiger charge is 2.33. The molecule has 3 aromatic rings. The van der Waals surface area contributed by atoms with Gasteiger partial charge in [-0.1, -0.05) is 24.0 Å². The second kappa shape index (κ2) is 14.5. The molecule has 1 fully saturated rings. The van der Waals surface area contributed by atoms with Gasteiger partial charge in [0.25, 0.3) is 0 Å². The van der Waals surface area contributed by atoms with E-state index in [0.29, 0.717) is 56.9 Å². The predicted octanol–water partition coefficient (Wildman–Crippen LogP) is 5.56. The second-order valence-corrected chi connectivity index (χ2v) is 15.4. The molecule has 0 saturated carbocycles. The Labute approximate surface area is 259 Å². The number of halogens is 4. The number of alkyl halides is 4. The number of piperidine rings is 1. The number of hydrogen-bond acceptors (Lipinski definition) is 8. The molecule has 0 spiro atoms. The fourth-order valence-electron chi connectivity index (χ4n) is 5.22. The monoisotopic (exact) mass is 655 g/mol. The Morgan fingerprint density at radius 2 is 1.98 bits per heavy atom. The van der Waals surface area contributed by atoms with Gasteiger partial charge >= 0.3 is 6.18 Å². The summed E-state index contributed by atoms with van der Waals surface area (Å²) >= 11 is 1.15. The number of anilines is 2. The number of nitrogens with zero attached hydrogens (tertiary/aromatic N) is 1. The maximum atomic E-state index is 15.2. The number of methoxy groups -OCH3 is 2. The molecule has 0 amide bonds. The van der Waals surface area contributed by atoms with Crippen LogP contribution in [0.1, 0.15) is 16.9 Å². The lowest BCUT2D eigenvalue weighted by Crippen LogP contribution is -2.50. The van der Waals surface area contributed by atoms with Gasteiger partial charge in [0.2, 0.25) is 0 Å². The zero-order chi connectivity index (χ0) is 32.1. The Hall–Kier alpha value is -2.81. The molecule has 1 saturated heterocycles. The summed E-state index contributed by atoms with van der Waals surface area (Å²) in [5.41, 5.74) is 1.28. The minimum Gasteiger partial charge on any atom is -0.495 e. The summed E-state index contributed by atoms with van der Waals surface area (Å²) in [6.45, 7) is 4.63. The van der Waals surface area contributed by atoms with Crippen molar-refractivity contribution in [2.45, 2.75) is 37.3 Å². The molecule has 0 radical (unpaired) electrons. The molecule has 7 nitrogen and oxygen atoms in total. The summed E-state index contributed by atoms with van der Waals surface area (Å²) < 4.78 is 79.5. The zero-order valence-electron chi connectivity index (χ0n) is 25.1. The first-order valence-corrected chi connectivity index (χ1v) is 17.6. The number of β-amino-alcohol motifs (C(OH)–C–C–N with tert-alkyl or cyclic N) is 1. The van der Waals surface area contributed by atoms with Crippen molar-refractivity contribution < 1.29 is 36.7 Å². The lowest BCUT2D eigenvalue weighted by atomic mass is 10.0. The van der Waals surface area contributed by atoms with E-state index >= 15 is 4.39 Å². The highest BCUT2D eigenvalue weighted by molar-refractivity contribution is 7.70. The first-order valence-electron chi connectivity index (χ1n) is 14.2. The van der Waals surface area contributed by atoms with E-state index in [1.807, 2.05) is 4.90 Å². The van der Waals surface area contributed by atoms with Gasteiger partial charge in [0, 0.05) is 32.0 Å². The van der Waals surface area contributed by atoms with E-state index in [2.05, 4.69) is 22.5 Å². The van der Waals surface area contributed by atoms with Crippen LogP contribution in [0.2, 0.25) is 0 Å². The van der Waals surface area contributed by atoms with Crippen molar-refractivity contribution in [1.82, 2.24) is 4.90 Å². The van der Waals surface area contributed by atoms with Gasteiger partial charge < -0.3 is 29.8 Å². The molecule has 2 heterocycles. The Morgan fingerprint density at radius 3 is 2.64 bits per heavy atom. The minimum atomic E-state index is -4.44. The maximum Gasteiger partial charge on any atom is 0.393 e. The van der Waals surface area contributed by atoms with E-state index in [0.717, 1.165) is 11.3 Å². The third kappa shape index (κ3) is 8.89. The van der Waals surface area contributed by atoms with E-state index in [1.54, 1.807) is 49.7 Å². The van der Waals surface area contributed by atoms with Crippen molar-refractivity contribution in [3.05, 3.63) is 46.8 Å². The largest absolute Gasteiger partial charge is 0.495 e. The van der Waals surface area contributed by atoms with Crippen LogP contribution in [0.3, 0.4) is 0 Å². The molecule has 3 atom stereocenters. The highest BCUT2D eigenvalue weighted by atomic mass is 32.1. The number of benzene rings is 2. The molecule has 1 aliphatic rings. The van der Waals surface area contributed by atoms with Crippen molar-refractivity contribution in [2.24, 2.45) is 0 Å². The molecule has 0 bridgehead atoms. The summed E-state index contributed by atoms with van der Waals surface area (Å²) in [4.78, 5) is 2.14. The molecule has 4 rings (SSSR count). The van der Waals surface area contributed by atoms with Crippen LogP contribution < -0.4 is 20.7 Å². The smallest absolute Gasteiger partial charge is 0.393 e. The van der Waals surface area contributed by atoms with Gasteiger partial charge in [-0.05, 0) is 55.0 Å². The Bertz CT molecular complexity index is 1550. The summed E-state index contributed by atoms with van der Waals surface area (Å²) in [6, 6.07) is 9.72. The standard InChI is InChI=1S/C31H38F4N3O4PS/c1-41-19-20(39)17-38-14-12-25(24(32)18-38)37-27-8-5-7-22-23(16-31(33,34)35)29(44-30(22)27)9-6-13-36-26-11-10-21(43(3,4)40)15-28(26)42-2/h5,7-8,10-11,15,20,24-25,36-37,39H,12-14,16-19H2,1-4H3/t20?,24-,25+/m0/s1. The third-order valence-corrected chi connectivity index (χ3v) is 10.1. The van der Waals surface area contributed by atoms with Crippen LogP contribution >= 0.6 is 18.5 Å². The number of thiophene rings is 1. The Balaban J connectivity index is 1.54. The SMILES string of the molecule is COCC(O)CN1CC[C@@H](Nc2cccc3c(CC(F)(F)F)c(C#CCNc4ccc(P(C)(C)=O)cc4OC)sc23)[C@@H](F)C1.